The van der Waals surface area contributed by atoms with Crippen molar-refractivity contribution in [2.45, 2.75) is 78.6 Å². The van der Waals surface area contributed by atoms with Crippen LogP contribution in [0.3, 0.4) is 0 Å². The summed E-state index contributed by atoms with van der Waals surface area (Å²) in [7, 11) is 0. The Labute approximate surface area is 476 Å². The molecule has 2 aliphatic heterocycles. The lowest BCUT2D eigenvalue weighted by Gasteiger charge is -2.46. The van der Waals surface area contributed by atoms with Gasteiger partial charge in [-0.1, -0.05) is 207 Å². The Balaban J connectivity index is 1.06. The molecule has 3 aliphatic rings. The van der Waals surface area contributed by atoms with Crippen LogP contribution in [0.15, 0.2) is 229 Å². The number of nitrogens with zero attached hydrogens (tertiary/aromatic N) is 3. The quantitative estimate of drug-likeness (QED) is 0.155. The molecule has 4 nitrogen and oxygen atoms in total. The lowest BCUT2D eigenvalue weighted by atomic mass is 9.43. The molecule has 0 radical (unpaired) electrons. The van der Waals surface area contributed by atoms with Crippen molar-refractivity contribution in [3.63, 3.8) is 0 Å². The smallest absolute Gasteiger partial charge is 0.333 e. The summed E-state index contributed by atoms with van der Waals surface area (Å²) in [6.45, 7) is 20.5. The summed E-state index contributed by atoms with van der Waals surface area (Å²) in [6, 6.07) is 84.6. The van der Waals surface area contributed by atoms with E-state index in [0.717, 1.165) is 72.9 Å². The highest BCUT2D eigenvalue weighted by molar-refractivity contribution is 6.94. The van der Waals surface area contributed by atoms with Crippen LogP contribution in [0.25, 0.3) is 66.1 Å². The first-order valence-electron chi connectivity index (χ1n) is 28.8. The number of para-hydroxylation sites is 1. The minimum Gasteiger partial charge on any atom is -0.455 e. The van der Waals surface area contributed by atoms with Crippen molar-refractivity contribution < 1.29 is 4.42 Å². The predicted octanol–water partition coefficient (Wildman–Crippen LogP) is 19.8. The van der Waals surface area contributed by atoms with E-state index >= 15 is 0 Å². The maximum absolute atomic E-state index is 7.24. The predicted molar refractivity (Wildman–Crippen MR) is 345 cm³/mol. The standard InChI is InChI=1S/C76H64BN3O/c1-47-43-50(48-19-11-10-12-20-48)28-42-66(47)79-67-45-55(78(53-33-29-51(30-34-53)74(2,3)4)54-35-31-52(32-36-54)75(5,6)7)38-41-65(67)77-71-68(79)46-62-60-24-16-18-26-69(60)81-73(62)70(71)61-39-27-49-21-13-14-22-57(49)72(61)80(77)56-37-40-59-58-23-15-17-25-63(58)76(8,9)64(59)44-56/h10-46H,1-9H3. The maximum Gasteiger partial charge on any atom is 0.333 e. The molecule has 0 atom stereocenters. The number of hydrogen-bond donors (Lipinski definition) is 0. The molecule has 0 fully saturated rings. The monoisotopic (exact) mass is 1050 g/mol. The largest absolute Gasteiger partial charge is 0.455 e. The van der Waals surface area contributed by atoms with Gasteiger partial charge >= 0.3 is 6.85 Å². The third-order valence-corrected chi connectivity index (χ3v) is 18.1. The summed E-state index contributed by atoms with van der Waals surface area (Å²) in [5.74, 6) is 0. The number of anilines is 8. The molecule has 0 bridgehead atoms. The number of benzene rings is 11. The fraction of sp³-hybridized carbons (Fsp3) is 0.158. The molecule has 12 aromatic rings. The van der Waals surface area contributed by atoms with Crippen molar-refractivity contribution in [3.05, 3.63) is 252 Å². The van der Waals surface area contributed by atoms with E-state index < -0.39 is 0 Å². The van der Waals surface area contributed by atoms with E-state index in [1.54, 1.807) is 0 Å². The molecule has 0 saturated heterocycles. The normalized spacial score (nSPS) is 14.0. The molecule has 81 heavy (non-hydrogen) atoms. The zero-order valence-corrected chi connectivity index (χ0v) is 47.7. The van der Waals surface area contributed by atoms with Gasteiger partial charge in [-0.2, -0.15) is 0 Å². The summed E-state index contributed by atoms with van der Waals surface area (Å²) in [5, 5.41) is 4.61. The molecule has 392 valence electrons. The SMILES string of the molecule is Cc1cc(-c2ccccc2)ccc1N1c2cc(N(c3ccc(C(C)(C)C)cc3)c3ccc(C(C)(C)C)cc3)ccc2B2c3c1cc1c(oc4ccccc41)c3-c1ccc3ccccc3c1N2c1ccc2c(c1)C(C)(C)c1ccccc1-2. The minimum atomic E-state index is -0.273. The van der Waals surface area contributed by atoms with Crippen molar-refractivity contribution in [3.8, 4) is 33.4 Å². The second-order valence-electron chi connectivity index (χ2n) is 25.4. The summed E-state index contributed by atoms with van der Waals surface area (Å²) in [4.78, 5) is 7.75. The molecule has 0 saturated carbocycles. The van der Waals surface area contributed by atoms with Gasteiger partial charge in [0.15, 0.2) is 0 Å². The molecule has 0 N–H and O–H groups in total. The molecule has 0 unspecified atom stereocenters. The highest BCUT2D eigenvalue weighted by Crippen LogP contribution is 2.56. The van der Waals surface area contributed by atoms with E-state index in [-0.39, 0.29) is 23.1 Å². The van der Waals surface area contributed by atoms with Gasteiger partial charge in [-0.15, -0.1) is 0 Å². The second-order valence-corrected chi connectivity index (χ2v) is 25.4. The highest BCUT2D eigenvalue weighted by Gasteiger charge is 2.48. The van der Waals surface area contributed by atoms with Gasteiger partial charge < -0.3 is 19.0 Å². The second kappa shape index (κ2) is 17.7. The minimum absolute atomic E-state index is 0.00428. The van der Waals surface area contributed by atoms with Crippen LogP contribution < -0.4 is 25.5 Å². The molecule has 15 rings (SSSR count). The zero-order chi connectivity index (χ0) is 55.3. The average molecular weight is 1050 g/mol. The van der Waals surface area contributed by atoms with Gasteiger partial charge in [0.2, 0.25) is 0 Å². The summed E-state index contributed by atoms with van der Waals surface area (Å²) >= 11 is 0. The third-order valence-electron chi connectivity index (χ3n) is 18.1. The van der Waals surface area contributed by atoms with Crippen LogP contribution >= 0.6 is 0 Å². The molecule has 1 aromatic heterocycles. The van der Waals surface area contributed by atoms with Crippen molar-refractivity contribution in [1.82, 2.24) is 0 Å². The van der Waals surface area contributed by atoms with Crippen molar-refractivity contribution >= 4 is 96.0 Å². The number of hydrogen-bond acceptors (Lipinski definition) is 4. The lowest BCUT2D eigenvalue weighted by molar-refractivity contribution is 0.590. The number of fused-ring (bicyclic) bond motifs is 13. The third kappa shape index (κ3) is 7.51. The summed E-state index contributed by atoms with van der Waals surface area (Å²) < 4.78 is 7.24. The van der Waals surface area contributed by atoms with Gasteiger partial charge in [-0.25, -0.2) is 0 Å². The van der Waals surface area contributed by atoms with Gasteiger partial charge in [0.1, 0.15) is 11.2 Å². The van der Waals surface area contributed by atoms with E-state index in [0.29, 0.717) is 0 Å². The Morgan fingerprint density at radius 2 is 1.10 bits per heavy atom. The highest BCUT2D eigenvalue weighted by atomic mass is 16.3. The fourth-order valence-electron chi connectivity index (χ4n) is 13.8. The molecular formula is C76H64BN3O. The number of rotatable bonds is 6. The van der Waals surface area contributed by atoms with Gasteiger partial charge in [0.25, 0.3) is 0 Å². The van der Waals surface area contributed by atoms with E-state index in [2.05, 4.69) is 301 Å². The Morgan fingerprint density at radius 3 is 1.81 bits per heavy atom. The number of furan rings is 1. The maximum atomic E-state index is 7.24. The Kier molecular flexibility index (Phi) is 10.7. The molecule has 1 aliphatic carbocycles. The van der Waals surface area contributed by atoms with Crippen LogP contribution in [0.2, 0.25) is 0 Å². The van der Waals surface area contributed by atoms with Crippen LogP contribution in [0, 0.1) is 6.92 Å². The van der Waals surface area contributed by atoms with Crippen molar-refractivity contribution in [2.75, 3.05) is 14.6 Å². The molecular weight excluding hydrogens is 982 g/mol. The lowest BCUT2D eigenvalue weighted by Crippen LogP contribution is -2.61. The molecule has 3 heterocycles. The van der Waals surface area contributed by atoms with Crippen LogP contribution in [0.5, 0.6) is 0 Å². The first kappa shape index (κ1) is 49.0. The first-order chi connectivity index (χ1) is 39.1. The Hall–Kier alpha value is -9.06. The summed E-state index contributed by atoms with van der Waals surface area (Å²) in [5.41, 5.74) is 26.9. The summed E-state index contributed by atoms with van der Waals surface area (Å²) in [6.07, 6.45) is 0. The van der Waals surface area contributed by atoms with Crippen molar-refractivity contribution in [2.24, 2.45) is 0 Å². The van der Waals surface area contributed by atoms with E-state index in [1.165, 1.54) is 77.5 Å². The number of aryl methyl sites for hydroxylation is 1. The van der Waals surface area contributed by atoms with Crippen LogP contribution in [0.4, 0.5) is 45.5 Å². The topological polar surface area (TPSA) is 22.9 Å². The van der Waals surface area contributed by atoms with Gasteiger partial charge in [-0.05, 0) is 157 Å². The molecule has 5 heteroatoms. The molecule has 0 amide bonds. The first-order valence-corrected chi connectivity index (χ1v) is 28.8. The van der Waals surface area contributed by atoms with E-state index in [9.17, 15) is 0 Å². The van der Waals surface area contributed by atoms with Gasteiger partial charge in [0, 0.05) is 78.2 Å². The van der Waals surface area contributed by atoms with Crippen molar-refractivity contribution in [1.29, 1.82) is 0 Å². The van der Waals surface area contributed by atoms with Gasteiger partial charge in [0.05, 0.1) is 0 Å². The van der Waals surface area contributed by atoms with E-state index in [4.69, 9.17) is 4.42 Å². The average Bonchev–Trinajstić information content (AvgIpc) is 3.10. The van der Waals surface area contributed by atoms with Crippen LogP contribution in [-0.4, -0.2) is 6.85 Å². The van der Waals surface area contributed by atoms with Gasteiger partial charge in [-0.3, -0.25) is 0 Å². The zero-order valence-electron chi connectivity index (χ0n) is 47.7. The van der Waals surface area contributed by atoms with E-state index in [1.807, 2.05) is 0 Å². The van der Waals surface area contributed by atoms with Crippen LogP contribution in [-0.2, 0) is 16.2 Å². The van der Waals surface area contributed by atoms with Crippen LogP contribution in [0.1, 0.15) is 83.2 Å². The molecule has 0 spiro atoms. The Morgan fingerprint density at radius 1 is 0.469 bits per heavy atom. The Bertz CT molecular complexity index is 4480. The molecule has 11 aromatic carbocycles. The fourth-order valence-corrected chi connectivity index (χ4v) is 13.8.